The average Bonchev–Trinajstić information content (AvgIpc) is 1.56. The molecule has 100 heavy (non-hydrogen) atoms. The van der Waals surface area contributed by atoms with Gasteiger partial charge in [0.2, 0.25) is 0 Å². The molecule has 0 bridgehead atoms. The zero-order chi connectivity index (χ0) is 66.2. The van der Waals surface area contributed by atoms with Crippen molar-refractivity contribution in [2.24, 2.45) is 0 Å². The van der Waals surface area contributed by atoms with Gasteiger partial charge in [0.25, 0.3) is 0 Å². The molecule has 0 unspecified atom stereocenters. The lowest BCUT2D eigenvalue weighted by atomic mass is 9.95. The number of anilines is 5. The summed E-state index contributed by atoms with van der Waals surface area (Å²) in [5.41, 5.74) is 26.2. The maximum Gasteiger partial charge on any atom is 0.164 e. The molecule has 12 aromatic carbocycles. The fraction of sp³-hybridized carbons (Fsp3) is 0.0225. The van der Waals surface area contributed by atoms with E-state index in [1.54, 1.807) is 0 Å². The van der Waals surface area contributed by atoms with Gasteiger partial charge in [-0.05, 0) is 103 Å². The molecule has 11 heteroatoms. The highest BCUT2D eigenvalue weighted by atomic mass is 15.2. The van der Waals surface area contributed by atoms with Crippen LogP contribution in [0.25, 0.3) is 157 Å². The van der Waals surface area contributed by atoms with Crippen molar-refractivity contribution in [3.8, 4) is 136 Å². The molecule has 2 aliphatic heterocycles. The van der Waals surface area contributed by atoms with Crippen molar-refractivity contribution in [2.75, 3.05) is 16.3 Å². The maximum absolute atomic E-state index is 5.29. The average molecular weight is 1280 g/mol. The van der Waals surface area contributed by atoms with Crippen LogP contribution in [-0.4, -0.2) is 50.6 Å². The van der Waals surface area contributed by atoms with Gasteiger partial charge in [0.15, 0.2) is 34.9 Å². The van der Waals surface area contributed by atoms with Gasteiger partial charge in [0.05, 0.1) is 39.5 Å². The van der Waals surface area contributed by atoms with E-state index in [1.165, 1.54) is 5.56 Å². The first-order chi connectivity index (χ1) is 49.6. The van der Waals surface area contributed by atoms with Gasteiger partial charge in [-0.3, -0.25) is 4.98 Å². The Balaban J connectivity index is 0.693. The van der Waals surface area contributed by atoms with Gasteiger partial charge < -0.3 is 18.9 Å². The zero-order valence-corrected chi connectivity index (χ0v) is 54.3. The molecule has 0 spiro atoms. The molecule has 0 saturated heterocycles. The van der Waals surface area contributed by atoms with Crippen LogP contribution in [0, 0.1) is 0 Å². The minimum absolute atomic E-state index is 0.580. The largest absolute Gasteiger partial charge is 0.341 e. The first kappa shape index (κ1) is 57.9. The zero-order valence-electron chi connectivity index (χ0n) is 54.3. The summed E-state index contributed by atoms with van der Waals surface area (Å²) in [7, 11) is 0. The second-order valence-electron chi connectivity index (χ2n) is 25.1. The molecule has 0 N–H and O–H groups in total. The first-order valence-electron chi connectivity index (χ1n) is 33.7. The predicted octanol–water partition coefficient (Wildman–Crippen LogP) is 21.9. The van der Waals surface area contributed by atoms with Crippen molar-refractivity contribution in [1.29, 1.82) is 0 Å². The Morgan fingerprint density at radius 2 is 0.680 bits per heavy atom. The van der Waals surface area contributed by atoms with E-state index in [0.717, 1.165) is 152 Å². The van der Waals surface area contributed by atoms with Crippen molar-refractivity contribution in [1.82, 2.24) is 44.0 Å². The number of fused-ring (bicyclic) bond motifs is 14. The van der Waals surface area contributed by atoms with E-state index >= 15 is 0 Å². The Hall–Kier alpha value is -13.5. The molecular formula is C89H59N11. The number of hydrogen-bond acceptors (Lipinski definition) is 9. The second kappa shape index (κ2) is 24.0. The van der Waals surface area contributed by atoms with E-state index in [-0.39, 0.29) is 0 Å². The van der Waals surface area contributed by atoms with E-state index in [0.29, 0.717) is 34.9 Å². The lowest BCUT2D eigenvalue weighted by Crippen LogP contribution is -2.17. The van der Waals surface area contributed by atoms with E-state index in [4.69, 9.17) is 34.9 Å². The van der Waals surface area contributed by atoms with Gasteiger partial charge in [0.1, 0.15) is 0 Å². The van der Waals surface area contributed by atoms with Crippen molar-refractivity contribution in [2.45, 2.75) is 6.92 Å². The molecular weight excluding hydrogens is 1220 g/mol. The second-order valence-corrected chi connectivity index (χ2v) is 25.1. The van der Waals surface area contributed by atoms with E-state index in [9.17, 15) is 0 Å². The van der Waals surface area contributed by atoms with Gasteiger partial charge in [-0.1, -0.05) is 231 Å². The Bertz CT molecular complexity index is 5950. The summed E-state index contributed by atoms with van der Waals surface area (Å²) in [5.74, 6) is 3.60. The number of rotatable bonds is 11. The normalized spacial score (nSPS) is 12.1. The van der Waals surface area contributed by atoms with Crippen LogP contribution >= 0.6 is 0 Å². The highest BCUT2D eigenvalue weighted by Crippen LogP contribution is 2.56. The predicted molar refractivity (Wildman–Crippen MR) is 405 cm³/mol. The summed E-state index contributed by atoms with van der Waals surface area (Å²) in [6, 6.07) is 111. The fourth-order valence-electron chi connectivity index (χ4n) is 14.9. The molecule has 2 aliphatic rings. The Morgan fingerprint density at radius 3 is 1.25 bits per heavy atom. The molecule has 5 aromatic heterocycles. The quantitative estimate of drug-likeness (QED) is 0.125. The summed E-state index contributed by atoms with van der Waals surface area (Å²) >= 11 is 0. The first-order valence-corrected chi connectivity index (χ1v) is 33.7. The molecule has 11 nitrogen and oxygen atoms in total. The molecule has 7 heterocycles. The highest BCUT2D eigenvalue weighted by Gasteiger charge is 2.34. The number of aromatic nitrogens is 9. The molecule has 0 radical (unpaired) electrons. The standard InChI is InChI=1S/C89H59N11/c1-2-97-74-38-19-17-36-71(74)82-80(68-34-15-21-40-76(68)100(82)67-33-23-30-64(54-67)89-95-85(59-26-9-4-10-27-59)91-86(96-89)60-28-11-5-12-29-60)70-51-48-63(55-79(70)97)57-42-44-61(45-43-57)87-92-84(58-24-7-3-8-25-58)93-88(94-87)62-46-49-66(50-47-62)99-75-39-20-16-35-69(75)81-73-56-90-53-52-78(73)98(65-31-13-6-14-32-65)77-41-22-18-37-72(77)83(81)99/h3-56H,2H2,1H3. The summed E-state index contributed by atoms with van der Waals surface area (Å²) in [5, 5.41) is 2.30. The summed E-state index contributed by atoms with van der Waals surface area (Å²) < 4.78 is 4.83. The van der Waals surface area contributed by atoms with Gasteiger partial charge in [-0.2, -0.15) is 0 Å². The number of nitrogens with zero attached hydrogens (tertiary/aromatic N) is 11. The summed E-state index contributed by atoms with van der Waals surface area (Å²) in [4.78, 5) is 40.6. The molecule has 0 saturated carbocycles. The van der Waals surface area contributed by atoms with Crippen LogP contribution in [0.5, 0.6) is 0 Å². The third-order valence-corrected chi connectivity index (χ3v) is 19.4. The topological polar surface area (TPSA) is 107 Å². The van der Waals surface area contributed by atoms with Gasteiger partial charge in [-0.25, -0.2) is 29.9 Å². The van der Waals surface area contributed by atoms with Crippen LogP contribution in [0.1, 0.15) is 6.92 Å². The van der Waals surface area contributed by atoms with Crippen LogP contribution in [-0.2, 0) is 0 Å². The fourth-order valence-corrected chi connectivity index (χ4v) is 14.9. The number of benzene rings is 12. The maximum atomic E-state index is 5.29. The smallest absolute Gasteiger partial charge is 0.164 e. The Kier molecular flexibility index (Phi) is 13.9. The van der Waals surface area contributed by atoms with Gasteiger partial charge in [0, 0.05) is 119 Å². The Morgan fingerprint density at radius 1 is 0.270 bits per heavy atom. The minimum Gasteiger partial charge on any atom is -0.341 e. The van der Waals surface area contributed by atoms with Gasteiger partial charge in [-0.15, -0.1) is 0 Å². The molecule has 0 amide bonds. The number of hydrogen-bond donors (Lipinski definition) is 0. The molecule has 17 aromatic rings. The third kappa shape index (κ3) is 9.69. The van der Waals surface area contributed by atoms with Crippen LogP contribution in [0.15, 0.2) is 328 Å². The van der Waals surface area contributed by atoms with Crippen LogP contribution < -0.4 is 9.80 Å². The van der Waals surface area contributed by atoms with Crippen molar-refractivity contribution < 1.29 is 0 Å². The van der Waals surface area contributed by atoms with E-state index in [1.807, 2.05) is 91.3 Å². The number of pyridine rings is 1. The van der Waals surface area contributed by atoms with Crippen LogP contribution in [0.4, 0.5) is 28.4 Å². The molecule has 0 aliphatic carbocycles. The SMILES string of the molecule is CCN1c2cc(-c3ccc(-c4nc(-c5ccccc5)nc(-c5ccc(-n6c7c(c8ccccc86)-c6cnccc6N(c6ccccc6)c6ccccc6-7)cc5)n4)cc3)ccc2-c2c(n(-c3cccc(-c4nc(-c5ccccc5)nc(-c5ccccc5)n4)c3)c3ccccc23)-c2ccccc21. The lowest BCUT2D eigenvalue weighted by Gasteiger charge is -2.27. The highest BCUT2D eigenvalue weighted by molar-refractivity contribution is 6.14. The van der Waals surface area contributed by atoms with Gasteiger partial charge >= 0.3 is 0 Å². The van der Waals surface area contributed by atoms with Crippen LogP contribution in [0.3, 0.4) is 0 Å². The molecule has 470 valence electrons. The monoisotopic (exact) mass is 1280 g/mol. The summed E-state index contributed by atoms with van der Waals surface area (Å²) in [6.45, 7) is 2.98. The summed E-state index contributed by atoms with van der Waals surface area (Å²) in [6.07, 6.45) is 3.90. The lowest BCUT2D eigenvalue weighted by molar-refractivity contribution is 1.03. The van der Waals surface area contributed by atoms with E-state index < -0.39 is 0 Å². The molecule has 19 rings (SSSR count). The van der Waals surface area contributed by atoms with Crippen LogP contribution in [0.2, 0.25) is 0 Å². The van der Waals surface area contributed by atoms with Crippen molar-refractivity contribution in [3.05, 3.63) is 328 Å². The minimum atomic E-state index is 0.580. The van der Waals surface area contributed by atoms with Crippen molar-refractivity contribution >= 4 is 50.2 Å². The molecule has 0 fully saturated rings. The van der Waals surface area contributed by atoms with Crippen molar-refractivity contribution in [3.63, 3.8) is 0 Å². The van der Waals surface area contributed by atoms with E-state index in [2.05, 4.69) is 262 Å². The molecule has 0 atom stereocenters. The Labute approximate surface area is 577 Å². The third-order valence-electron chi connectivity index (χ3n) is 19.4. The number of para-hydroxylation sites is 5.